The number of thiazole rings is 1. The molecule has 0 aliphatic carbocycles. The minimum absolute atomic E-state index is 0.324. The number of carbonyl (C=O) groups excluding carboxylic acids is 1. The van der Waals surface area contributed by atoms with Crippen LogP contribution in [0.25, 0.3) is 10.6 Å². The van der Waals surface area contributed by atoms with Gasteiger partial charge in [0.15, 0.2) is 0 Å². The molecule has 0 unspecified atom stereocenters. The molecule has 1 aromatic carbocycles. The monoisotopic (exact) mass is 380 g/mol. The first-order valence-electron chi connectivity index (χ1n) is 6.83. The Bertz CT molecular complexity index is 862. The SMILES string of the molecule is COc1cc(NC(=O)c2csc(-c3ccsc3)n2)c(OC)cc1Cl. The number of nitrogens with one attached hydrogen (secondary N) is 1. The van der Waals surface area contributed by atoms with E-state index in [9.17, 15) is 4.79 Å². The van der Waals surface area contributed by atoms with E-state index in [1.165, 1.54) is 25.6 Å². The van der Waals surface area contributed by atoms with Crippen molar-refractivity contribution in [3.8, 4) is 22.1 Å². The topological polar surface area (TPSA) is 60.5 Å². The molecule has 0 saturated heterocycles. The van der Waals surface area contributed by atoms with E-state index in [1.807, 2.05) is 16.8 Å². The Morgan fingerprint density at radius 1 is 1.21 bits per heavy atom. The second-order valence-electron chi connectivity index (χ2n) is 4.69. The molecular weight excluding hydrogens is 368 g/mol. The van der Waals surface area contributed by atoms with Crippen molar-refractivity contribution in [2.45, 2.75) is 0 Å². The third-order valence-corrected chi connectivity index (χ3v) is 5.10. The Morgan fingerprint density at radius 2 is 2.00 bits per heavy atom. The van der Waals surface area contributed by atoms with E-state index in [2.05, 4.69) is 10.3 Å². The summed E-state index contributed by atoms with van der Waals surface area (Å²) in [7, 11) is 3.01. The molecule has 0 spiro atoms. The first-order chi connectivity index (χ1) is 11.6. The lowest BCUT2D eigenvalue weighted by Gasteiger charge is -2.12. The highest BCUT2D eigenvalue weighted by Crippen LogP contribution is 2.36. The largest absolute Gasteiger partial charge is 0.495 e. The lowest BCUT2D eigenvalue weighted by Crippen LogP contribution is -2.13. The maximum atomic E-state index is 12.5. The minimum Gasteiger partial charge on any atom is -0.495 e. The van der Waals surface area contributed by atoms with Crippen LogP contribution in [-0.2, 0) is 0 Å². The zero-order chi connectivity index (χ0) is 17.1. The van der Waals surface area contributed by atoms with Gasteiger partial charge in [0.2, 0.25) is 0 Å². The van der Waals surface area contributed by atoms with Crippen molar-refractivity contribution in [3.05, 3.63) is 45.1 Å². The normalized spacial score (nSPS) is 10.5. The maximum Gasteiger partial charge on any atom is 0.275 e. The van der Waals surface area contributed by atoms with E-state index >= 15 is 0 Å². The fraction of sp³-hybridized carbons (Fsp3) is 0.125. The van der Waals surface area contributed by atoms with Crippen LogP contribution in [0.2, 0.25) is 5.02 Å². The highest BCUT2D eigenvalue weighted by molar-refractivity contribution is 7.14. The molecule has 3 aromatic rings. The van der Waals surface area contributed by atoms with Crippen LogP contribution in [-0.4, -0.2) is 25.1 Å². The summed E-state index contributed by atoms with van der Waals surface area (Å²) in [5, 5.41) is 9.68. The molecule has 1 N–H and O–H groups in total. The van der Waals surface area contributed by atoms with E-state index in [1.54, 1.807) is 28.8 Å². The summed E-state index contributed by atoms with van der Waals surface area (Å²) in [6, 6.07) is 5.18. The number of thiophene rings is 1. The van der Waals surface area contributed by atoms with E-state index < -0.39 is 0 Å². The van der Waals surface area contributed by atoms with Crippen molar-refractivity contribution in [2.75, 3.05) is 19.5 Å². The molecule has 1 amide bonds. The predicted octanol–water partition coefficient (Wildman–Crippen LogP) is 4.79. The number of nitrogens with zero attached hydrogens (tertiary/aromatic N) is 1. The van der Waals surface area contributed by atoms with Crippen LogP contribution in [0.1, 0.15) is 10.5 Å². The fourth-order valence-corrected chi connectivity index (χ4v) is 3.78. The van der Waals surface area contributed by atoms with Crippen molar-refractivity contribution in [3.63, 3.8) is 0 Å². The first kappa shape index (κ1) is 16.8. The third kappa shape index (κ3) is 3.38. The van der Waals surface area contributed by atoms with Crippen molar-refractivity contribution in [2.24, 2.45) is 0 Å². The Balaban J connectivity index is 1.85. The zero-order valence-electron chi connectivity index (χ0n) is 12.8. The van der Waals surface area contributed by atoms with E-state index in [0.717, 1.165) is 10.6 Å². The van der Waals surface area contributed by atoms with Gasteiger partial charge in [-0.1, -0.05) is 11.6 Å². The van der Waals surface area contributed by atoms with Crippen molar-refractivity contribution in [1.82, 2.24) is 4.98 Å². The molecule has 8 heteroatoms. The van der Waals surface area contributed by atoms with Crippen molar-refractivity contribution in [1.29, 1.82) is 0 Å². The van der Waals surface area contributed by atoms with Crippen LogP contribution >= 0.6 is 34.3 Å². The number of amides is 1. The van der Waals surface area contributed by atoms with Gasteiger partial charge in [0, 0.05) is 28.5 Å². The quantitative estimate of drug-likeness (QED) is 0.691. The summed E-state index contributed by atoms with van der Waals surface area (Å²) < 4.78 is 10.4. The number of rotatable bonds is 5. The molecule has 3 rings (SSSR count). The highest BCUT2D eigenvalue weighted by atomic mass is 35.5. The molecule has 0 bridgehead atoms. The number of halogens is 1. The number of hydrogen-bond acceptors (Lipinski definition) is 6. The van der Waals surface area contributed by atoms with Gasteiger partial charge >= 0.3 is 0 Å². The lowest BCUT2D eigenvalue weighted by molar-refractivity contribution is 0.102. The average Bonchev–Trinajstić information content (AvgIpc) is 3.26. The minimum atomic E-state index is -0.324. The number of benzene rings is 1. The van der Waals surface area contributed by atoms with Crippen LogP contribution in [0, 0.1) is 0 Å². The molecular formula is C16H13ClN2O3S2. The number of ether oxygens (including phenoxy) is 2. The number of carbonyl (C=O) groups is 1. The Labute approximate surface area is 151 Å². The van der Waals surface area contributed by atoms with Crippen molar-refractivity contribution < 1.29 is 14.3 Å². The summed E-state index contributed by atoms with van der Waals surface area (Å²) in [5.41, 5.74) is 1.82. The molecule has 0 radical (unpaired) electrons. The molecule has 0 aliphatic heterocycles. The Kier molecular flexibility index (Phi) is 5.03. The number of anilines is 1. The van der Waals surface area contributed by atoms with Crippen molar-refractivity contribution >= 4 is 45.9 Å². The van der Waals surface area contributed by atoms with E-state index in [4.69, 9.17) is 21.1 Å². The van der Waals surface area contributed by atoms with Crippen LogP contribution in [0.15, 0.2) is 34.3 Å². The molecule has 124 valence electrons. The molecule has 0 atom stereocenters. The molecule has 2 heterocycles. The summed E-state index contributed by atoms with van der Waals surface area (Å²) in [4.78, 5) is 16.8. The molecule has 24 heavy (non-hydrogen) atoms. The van der Waals surface area contributed by atoms with E-state index in [0.29, 0.717) is 27.9 Å². The molecule has 5 nitrogen and oxygen atoms in total. The number of hydrogen-bond donors (Lipinski definition) is 1. The zero-order valence-corrected chi connectivity index (χ0v) is 15.2. The fourth-order valence-electron chi connectivity index (χ4n) is 2.04. The van der Waals surface area contributed by atoms with Gasteiger partial charge in [0.05, 0.1) is 24.9 Å². The van der Waals surface area contributed by atoms with Gasteiger partial charge in [0.25, 0.3) is 5.91 Å². The average molecular weight is 381 g/mol. The van der Waals surface area contributed by atoms with E-state index in [-0.39, 0.29) is 5.91 Å². The standard InChI is InChI=1S/C16H13ClN2O3S2/c1-21-13-6-11(14(22-2)5-10(13)17)18-15(20)12-8-24-16(19-12)9-3-4-23-7-9/h3-8H,1-2H3,(H,18,20). The summed E-state index contributed by atoms with van der Waals surface area (Å²) in [6.07, 6.45) is 0. The molecule has 0 fully saturated rings. The second kappa shape index (κ2) is 7.21. The van der Waals surface area contributed by atoms with Gasteiger partial charge in [-0.15, -0.1) is 11.3 Å². The van der Waals surface area contributed by atoms with Gasteiger partial charge in [0.1, 0.15) is 22.2 Å². The Morgan fingerprint density at radius 3 is 2.67 bits per heavy atom. The summed E-state index contributed by atoms with van der Waals surface area (Å²) in [5.74, 6) is 0.572. The third-order valence-electron chi connectivity index (χ3n) is 3.23. The van der Waals surface area contributed by atoms with Gasteiger partial charge < -0.3 is 14.8 Å². The second-order valence-corrected chi connectivity index (χ2v) is 6.74. The van der Waals surface area contributed by atoms with Crippen LogP contribution in [0.3, 0.4) is 0 Å². The maximum absolute atomic E-state index is 12.5. The number of methoxy groups -OCH3 is 2. The Hall–Kier alpha value is -2.09. The lowest BCUT2D eigenvalue weighted by atomic mass is 10.2. The van der Waals surface area contributed by atoms with Gasteiger partial charge in [-0.05, 0) is 11.4 Å². The summed E-state index contributed by atoms with van der Waals surface area (Å²) >= 11 is 9.08. The molecule has 2 aromatic heterocycles. The highest BCUT2D eigenvalue weighted by Gasteiger charge is 2.16. The van der Waals surface area contributed by atoms with Gasteiger partial charge in [-0.25, -0.2) is 4.98 Å². The number of aromatic nitrogens is 1. The molecule has 0 saturated carbocycles. The smallest absolute Gasteiger partial charge is 0.275 e. The summed E-state index contributed by atoms with van der Waals surface area (Å²) in [6.45, 7) is 0. The first-order valence-corrected chi connectivity index (χ1v) is 9.03. The van der Waals surface area contributed by atoms with Crippen LogP contribution in [0.4, 0.5) is 5.69 Å². The molecule has 0 aliphatic rings. The van der Waals surface area contributed by atoms with Gasteiger partial charge in [-0.3, -0.25) is 4.79 Å². The van der Waals surface area contributed by atoms with Crippen LogP contribution < -0.4 is 14.8 Å². The van der Waals surface area contributed by atoms with Gasteiger partial charge in [-0.2, -0.15) is 11.3 Å². The predicted molar refractivity (Wildman–Crippen MR) is 97.9 cm³/mol. The van der Waals surface area contributed by atoms with Crippen LogP contribution in [0.5, 0.6) is 11.5 Å².